The summed E-state index contributed by atoms with van der Waals surface area (Å²) in [5.41, 5.74) is 4.54. The number of hydrogen-bond acceptors (Lipinski definition) is 4. The number of amides is 1. The van der Waals surface area contributed by atoms with E-state index in [1.807, 2.05) is 16.9 Å². The van der Waals surface area contributed by atoms with Gasteiger partial charge in [-0.15, -0.1) is 24.0 Å². The highest BCUT2D eigenvalue weighted by molar-refractivity contribution is 14.0. The molecule has 1 aliphatic rings. The Hall–Kier alpha value is -3.08. The Balaban J connectivity index is 0.00000306. The molecule has 9 heteroatoms. The minimum atomic E-state index is 0. The Kier molecular flexibility index (Phi) is 9.11. The van der Waals surface area contributed by atoms with Crippen LogP contribution < -0.4 is 20.9 Å². The number of carbonyl (C=O) groups excluding carboxylic acids is 1. The molecule has 1 fully saturated rings. The van der Waals surface area contributed by atoms with Crippen molar-refractivity contribution in [2.24, 2.45) is 4.99 Å². The summed E-state index contributed by atoms with van der Waals surface area (Å²) in [5, 5.41) is 13.8. The Bertz CT molecular complexity index is 1030. The fraction of sp³-hybridized carbons (Fsp3) is 0.292. The van der Waals surface area contributed by atoms with Crippen LogP contribution in [0.4, 0.5) is 5.69 Å². The number of nitrogens with zero attached hydrogens (tertiary/aromatic N) is 4. The summed E-state index contributed by atoms with van der Waals surface area (Å²) >= 11 is 0. The van der Waals surface area contributed by atoms with Crippen LogP contribution in [-0.4, -0.2) is 54.9 Å². The van der Waals surface area contributed by atoms with Crippen LogP contribution in [-0.2, 0) is 17.8 Å². The maximum Gasteiger partial charge on any atom is 0.239 e. The summed E-state index contributed by atoms with van der Waals surface area (Å²) in [6.07, 6.45) is 4.61. The van der Waals surface area contributed by atoms with Gasteiger partial charge < -0.3 is 20.9 Å². The molecule has 1 saturated heterocycles. The molecule has 1 aromatic heterocycles. The molecule has 174 valence electrons. The number of piperazine rings is 1. The molecular formula is C24H30IN7O. The molecule has 0 saturated carbocycles. The van der Waals surface area contributed by atoms with E-state index < -0.39 is 0 Å². The Morgan fingerprint density at radius 1 is 1.06 bits per heavy atom. The number of aromatic nitrogens is 2. The first-order valence-corrected chi connectivity index (χ1v) is 10.9. The third kappa shape index (κ3) is 6.95. The Morgan fingerprint density at radius 2 is 1.79 bits per heavy atom. The molecule has 4 rings (SSSR count). The molecule has 0 bridgehead atoms. The standard InChI is InChI=1S/C24H29N7O.HI/c1-25-24(27-13-11-19-3-9-22(10-4-19)31-15-2-12-29-31)28-17-20-5-7-21(8-6-20)30-16-14-26-23(32)18-30;/h2-10,12,15H,11,13-14,16-18H2,1H3,(H,26,32)(H2,25,27,28);1H. The monoisotopic (exact) mass is 559 g/mol. The second-order valence-corrected chi connectivity index (χ2v) is 7.66. The van der Waals surface area contributed by atoms with Crippen molar-refractivity contribution in [3.8, 4) is 5.69 Å². The van der Waals surface area contributed by atoms with Gasteiger partial charge in [-0.1, -0.05) is 24.3 Å². The molecule has 0 spiro atoms. The van der Waals surface area contributed by atoms with Gasteiger partial charge in [0.05, 0.1) is 12.2 Å². The maximum atomic E-state index is 11.6. The van der Waals surface area contributed by atoms with Crippen LogP contribution in [0.2, 0.25) is 0 Å². The van der Waals surface area contributed by atoms with Crippen LogP contribution in [0.1, 0.15) is 11.1 Å². The number of aliphatic imine (C=N–C) groups is 1. The number of hydrogen-bond donors (Lipinski definition) is 3. The Morgan fingerprint density at radius 3 is 2.45 bits per heavy atom. The van der Waals surface area contributed by atoms with Crippen LogP contribution in [0, 0.1) is 0 Å². The van der Waals surface area contributed by atoms with E-state index in [9.17, 15) is 4.79 Å². The summed E-state index contributed by atoms with van der Waals surface area (Å²) < 4.78 is 1.85. The summed E-state index contributed by atoms with van der Waals surface area (Å²) in [6.45, 7) is 3.42. The third-order valence-corrected chi connectivity index (χ3v) is 5.43. The highest BCUT2D eigenvalue weighted by Gasteiger charge is 2.16. The number of guanidine groups is 1. The van der Waals surface area contributed by atoms with Crippen LogP contribution in [0.3, 0.4) is 0 Å². The zero-order valence-electron chi connectivity index (χ0n) is 18.7. The fourth-order valence-electron chi connectivity index (χ4n) is 3.65. The summed E-state index contributed by atoms with van der Waals surface area (Å²) in [6, 6.07) is 18.6. The van der Waals surface area contributed by atoms with Crippen molar-refractivity contribution < 1.29 is 4.79 Å². The van der Waals surface area contributed by atoms with Crippen molar-refractivity contribution in [3.63, 3.8) is 0 Å². The van der Waals surface area contributed by atoms with Crippen molar-refractivity contribution in [1.82, 2.24) is 25.7 Å². The minimum absolute atomic E-state index is 0. The van der Waals surface area contributed by atoms with E-state index in [2.05, 4.69) is 79.5 Å². The minimum Gasteiger partial charge on any atom is -0.360 e. The van der Waals surface area contributed by atoms with Gasteiger partial charge in [0.2, 0.25) is 5.91 Å². The normalized spacial score (nSPS) is 13.8. The average molecular weight is 559 g/mol. The lowest BCUT2D eigenvalue weighted by Crippen LogP contribution is -2.47. The smallest absolute Gasteiger partial charge is 0.239 e. The molecule has 1 aliphatic heterocycles. The number of carbonyl (C=O) groups is 1. The van der Waals surface area contributed by atoms with E-state index in [4.69, 9.17) is 0 Å². The zero-order valence-corrected chi connectivity index (χ0v) is 21.0. The predicted molar refractivity (Wildman–Crippen MR) is 143 cm³/mol. The van der Waals surface area contributed by atoms with E-state index in [-0.39, 0.29) is 29.9 Å². The lowest BCUT2D eigenvalue weighted by atomic mass is 10.1. The molecule has 2 aromatic carbocycles. The maximum absolute atomic E-state index is 11.6. The highest BCUT2D eigenvalue weighted by atomic mass is 127. The van der Waals surface area contributed by atoms with Crippen LogP contribution in [0.5, 0.6) is 0 Å². The number of nitrogens with one attached hydrogen (secondary N) is 3. The van der Waals surface area contributed by atoms with Crippen molar-refractivity contribution in [3.05, 3.63) is 78.1 Å². The van der Waals surface area contributed by atoms with Crippen LogP contribution >= 0.6 is 24.0 Å². The van der Waals surface area contributed by atoms with Gasteiger partial charge in [0, 0.05) is 51.3 Å². The van der Waals surface area contributed by atoms with Crippen molar-refractivity contribution >= 4 is 41.5 Å². The average Bonchev–Trinajstić information content (AvgIpc) is 3.37. The van der Waals surface area contributed by atoms with Gasteiger partial charge in [-0.2, -0.15) is 5.10 Å². The van der Waals surface area contributed by atoms with Crippen LogP contribution in [0.25, 0.3) is 5.69 Å². The van der Waals surface area contributed by atoms with E-state index in [0.717, 1.165) is 42.4 Å². The van der Waals surface area contributed by atoms with Gasteiger partial charge in [0.15, 0.2) is 5.96 Å². The summed E-state index contributed by atoms with van der Waals surface area (Å²) in [5.74, 6) is 0.848. The molecule has 33 heavy (non-hydrogen) atoms. The largest absolute Gasteiger partial charge is 0.360 e. The first-order valence-electron chi connectivity index (χ1n) is 10.9. The van der Waals surface area contributed by atoms with Crippen molar-refractivity contribution in [2.75, 3.05) is 38.1 Å². The summed E-state index contributed by atoms with van der Waals surface area (Å²) in [7, 11) is 1.78. The van der Waals surface area contributed by atoms with Gasteiger partial charge in [-0.05, 0) is 47.9 Å². The van der Waals surface area contributed by atoms with E-state index in [1.165, 1.54) is 5.56 Å². The SMILES string of the molecule is CN=C(NCCc1ccc(-n2cccn2)cc1)NCc1ccc(N2CCNC(=O)C2)cc1.I. The zero-order chi connectivity index (χ0) is 22.2. The van der Waals surface area contributed by atoms with Crippen LogP contribution in [0.15, 0.2) is 72.0 Å². The second-order valence-electron chi connectivity index (χ2n) is 7.66. The molecular weight excluding hydrogens is 529 g/mol. The first-order chi connectivity index (χ1) is 15.7. The molecule has 1 amide bonds. The molecule has 0 unspecified atom stereocenters. The van der Waals surface area contributed by atoms with Gasteiger partial charge in [0.25, 0.3) is 0 Å². The van der Waals surface area contributed by atoms with E-state index in [1.54, 1.807) is 13.2 Å². The number of benzene rings is 2. The molecule has 2 heterocycles. The topological polar surface area (TPSA) is 86.6 Å². The van der Waals surface area contributed by atoms with Gasteiger partial charge >= 0.3 is 0 Å². The van der Waals surface area contributed by atoms with Gasteiger partial charge in [0.1, 0.15) is 0 Å². The third-order valence-electron chi connectivity index (χ3n) is 5.43. The first kappa shape index (κ1) is 24.6. The lowest BCUT2D eigenvalue weighted by molar-refractivity contribution is -0.120. The Labute approximate surface area is 211 Å². The number of anilines is 1. The quantitative estimate of drug-likeness (QED) is 0.235. The highest BCUT2D eigenvalue weighted by Crippen LogP contribution is 2.16. The summed E-state index contributed by atoms with van der Waals surface area (Å²) in [4.78, 5) is 18.0. The van der Waals surface area contributed by atoms with Gasteiger partial charge in [-0.25, -0.2) is 4.68 Å². The van der Waals surface area contributed by atoms with Gasteiger partial charge in [-0.3, -0.25) is 9.79 Å². The molecule has 8 nitrogen and oxygen atoms in total. The molecule has 3 N–H and O–H groups in total. The van der Waals surface area contributed by atoms with Crippen molar-refractivity contribution in [1.29, 1.82) is 0 Å². The van der Waals surface area contributed by atoms with E-state index in [0.29, 0.717) is 19.6 Å². The van der Waals surface area contributed by atoms with E-state index >= 15 is 0 Å². The number of halogens is 1. The molecule has 0 aliphatic carbocycles. The number of rotatable bonds is 7. The fourth-order valence-corrected chi connectivity index (χ4v) is 3.65. The molecule has 0 atom stereocenters. The predicted octanol–water partition coefficient (Wildman–Crippen LogP) is 2.33. The second kappa shape index (κ2) is 12.2. The lowest BCUT2D eigenvalue weighted by Gasteiger charge is -2.28. The molecule has 3 aromatic rings. The molecule has 0 radical (unpaired) electrons. The van der Waals surface area contributed by atoms with Crippen molar-refractivity contribution in [2.45, 2.75) is 13.0 Å².